The van der Waals surface area contributed by atoms with Crippen molar-refractivity contribution in [1.82, 2.24) is 5.23 Å². The highest BCUT2D eigenvalue weighted by molar-refractivity contribution is 6.71. The molecule has 0 aliphatic heterocycles. The highest BCUT2D eigenvalue weighted by Gasteiger charge is 2.30. The van der Waals surface area contributed by atoms with Crippen LogP contribution in [0.25, 0.3) is 0 Å². The van der Waals surface area contributed by atoms with Crippen molar-refractivity contribution in [3.8, 4) is 0 Å². The quantitative estimate of drug-likeness (QED) is 0.171. The van der Waals surface area contributed by atoms with E-state index in [9.17, 15) is 0 Å². The van der Waals surface area contributed by atoms with Gasteiger partial charge in [0.2, 0.25) is 16.6 Å². The Balaban J connectivity index is 4.46. The summed E-state index contributed by atoms with van der Waals surface area (Å²) in [6, 6.07) is 1.18. The maximum atomic E-state index is 6.30. The Hall–Kier alpha value is 0.491. The van der Waals surface area contributed by atoms with Gasteiger partial charge in [0.05, 0.1) is 0 Å². The summed E-state index contributed by atoms with van der Waals surface area (Å²) < 4.78 is 18.4. The Morgan fingerprint density at radius 2 is 1.26 bits per heavy atom. The van der Waals surface area contributed by atoms with Crippen molar-refractivity contribution < 1.29 is 13.5 Å². The molecule has 7 heteroatoms. The van der Waals surface area contributed by atoms with Crippen LogP contribution in [0.5, 0.6) is 0 Å². The van der Waals surface area contributed by atoms with Gasteiger partial charge >= 0.3 is 0 Å². The van der Waals surface area contributed by atoms with Crippen LogP contribution in [0.15, 0.2) is 0 Å². The first-order valence-electron chi connectivity index (χ1n) is 9.14. The van der Waals surface area contributed by atoms with Gasteiger partial charge in [-0.25, -0.2) is 0 Å². The van der Waals surface area contributed by atoms with E-state index in [1.165, 1.54) is 38.1 Å². The molecule has 0 N–H and O–H groups in total. The molecule has 0 aliphatic rings. The van der Waals surface area contributed by atoms with Gasteiger partial charge in [0.15, 0.2) is 8.32 Å². The summed E-state index contributed by atoms with van der Waals surface area (Å²) in [6.07, 6.45) is 6.55. The molecule has 0 aromatic rings. The summed E-state index contributed by atoms with van der Waals surface area (Å²) in [5.41, 5.74) is 0. The lowest BCUT2D eigenvalue weighted by atomic mass is 10.2. The Labute approximate surface area is 148 Å². The van der Waals surface area contributed by atoms with E-state index in [2.05, 4.69) is 59.3 Å². The summed E-state index contributed by atoms with van der Waals surface area (Å²) in [5, 5.41) is 1.67. The predicted molar refractivity (Wildman–Crippen MR) is 108 cm³/mol. The zero-order valence-electron chi connectivity index (χ0n) is 17.1. The molecule has 0 unspecified atom stereocenters. The van der Waals surface area contributed by atoms with Crippen molar-refractivity contribution in [2.24, 2.45) is 0 Å². The molecule has 23 heavy (non-hydrogen) atoms. The Morgan fingerprint density at radius 1 is 0.696 bits per heavy atom. The van der Waals surface area contributed by atoms with E-state index in [1.54, 1.807) is 5.23 Å². The first-order chi connectivity index (χ1) is 10.3. The molecular formula is C16H41NO3Si3. The maximum Gasteiger partial charge on any atom is 0.218 e. The Bertz CT molecular complexity index is 315. The number of hydrogen-bond acceptors (Lipinski definition) is 4. The number of hydrogen-bond donors (Lipinski definition) is 0. The number of hydroxylamine groups is 2. The molecule has 4 nitrogen and oxygen atoms in total. The van der Waals surface area contributed by atoms with Gasteiger partial charge in [-0.2, -0.15) is 0 Å². The van der Waals surface area contributed by atoms with E-state index in [4.69, 9.17) is 13.5 Å². The molecule has 0 rings (SSSR count). The van der Waals surface area contributed by atoms with Crippen molar-refractivity contribution in [3.63, 3.8) is 0 Å². The van der Waals surface area contributed by atoms with Gasteiger partial charge in [0, 0.05) is 0 Å². The fourth-order valence-corrected chi connectivity index (χ4v) is 5.20. The summed E-state index contributed by atoms with van der Waals surface area (Å²) in [6.45, 7) is 20.3. The van der Waals surface area contributed by atoms with E-state index in [0.29, 0.717) is 6.73 Å². The fourth-order valence-electron chi connectivity index (χ4n) is 2.10. The molecule has 0 saturated carbocycles. The largest absolute Gasteiger partial charge is 0.401 e. The van der Waals surface area contributed by atoms with Crippen LogP contribution in [-0.4, -0.2) is 36.9 Å². The SMILES string of the molecule is CCCCCCC[Si](C)(C)ON(CO[Si](C)(C)C)O[Si](C)(C)C. The van der Waals surface area contributed by atoms with Crippen LogP contribution in [0.3, 0.4) is 0 Å². The second kappa shape index (κ2) is 10.5. The topological polar surface area (TPSA) is 30.9 Å². The van der Waals surface area contributed by atoms with Crippen molar-refractivity contribution in [2.75, 3.05) is 6.73 Å². The van der Waals surface area contributed by atoms with Gasteiger partial charge < -0.3 is 13.5 Å². The van der Waals surface area contributed by atoms with Gasteiger partial charge in [-0.15, -0.1) is 0 Å². The Kier molecular flexibility index (Phi) is 10.7. The summed E-state index contributed by atoms with van der Waals surface area (Å²) in [5.74, 6) is 0. The molecule has 0 radical (unpaired) electrons. The van der Waals surface area contributed by atoms with Gasteiger partial charge in [0.1, 0.15) is 6.73 Å². The zero-order chi connectivity index (χ0) is 18.1. The van der Waals surface area contributed by atoms with Crippen LogP contribution < -0.4 is 0 Å². The number of nitrogens with zero attached hydrogens (tertiary/aromatic N) is 1. The molecule has 0 saturated heterocycles. The molecule has 0 bridgehead atoms. The standard InChI is InChI=1S/C16H41NO3Si3/c1-10-11-12-13-14-15-23(8,9)20-17(19-22(5,6)7)16-18-21(2,3)4/h10-16H2,1-9H3. The van der Waals surface area contributed by atoms with Gasteiger partial charge in [-0.05, 0) is 58.4 Å². The fraction of sp³-hybridized carbons (Fsp3) is 1.00. The van der Waals surface area contributed by atoms with Gasteiger partial charge in [0.25, 0.3) is 0 Å². The van der Waals surface area contributed by atoms with Gasteiger partial charge in [-0.3, -0.25) is 0 Å². The van der Waals surface area contributed by atoms with Crippen molar-refractivity contribution in [1.29, 1.82) is 0 Å². The van der Waals surface area contributed by atoms with Crippen molar-refractivity contribution >= 4 is 25.0 Å². The zero-order valence-corrected chi connectivity index (χ0v) is 20.1. The first-order valence-corrected chi connectivity index (χ1v) is 19.1. The second-order valence-corrected chi connectivity index (χ2v) is 22.1. The number of rotatable bonds is 13. The van der Waals surface area contributed by atoms with Crippen LogP contribution in [0, 0.1) is 0 Å². The summed E-state index contributed by atoms with van der Waals surface area (Å²) in [7, 11) is -5.05. The minimum absolute atomic E-state index is 0.423. The molecule has 0 spiro atoms. The third-order valence-corrected chi connectivity index (χ3v) is 7.21. The maximum absolute atomic E-state index is 6.30. The van der Waals surface area contributed by atoms with Crippen LogP contribution in [0.1, 0.15) is 39.0 Å². The molecule has 0 fully saturated rings. The molecule has 0 aromatic carbocycles. The third-order valence-electron chi connectivity index (χ3n) is 3.21. The van der Waals surface area contributed by atoms with E-state index in [1.807, 2.05) is 0 Å². The summed E-state index contributed by atoms with van der Waals surface area (Å²) >= 11 is 0. The average Bonchev–Trinajstić information content (AvgIpc) is 2.32. The lowest BCUT2D eigenvalue weighted by Gasteiger charge is -2.35. The molecule has 0 amide bonds. The lowest BCUT2D eigenvalue weighted by molar-refractivity contribution is -0.299. The van der Waals surface area contributed by atoms with E-state index >= 15 is 0 Å². The lowest BCUT2D eigenvalue weighted by Crippen LogP contribution is -2.47. The van der Waals surface area contributed by atoms with E-state index in [-0.39, 0.29) is 0 Å². The van der Waals surface area contributed by atoms with Crippen LogP contribution >= 0.6 is 0 Å². The first kappa shape index (κ1) is 23.5. The van der Waals surface area contributed by atoms with Gasteiger partial charge in [-0.1, -0.05) is 44.3 Å². The summed E-state index contributed by atoms with van der Waals surface area (Å²) in [4.78, 5) is 0. The van der Waals surface area contributed by atoms with Crippen LogP contribution in [0.4, 0.5) is 0 Å². The van der Waals surface area contributed by atoms with Crippen LogP contribution in [-0.2, 0) is 13.5 Å². The van der Waals surface area contributed by atoms with Crippen LogP contribution in [0.2, 0.25) is 58.4 Å². The van der Waals surface area contributed by atoms with Crippen molar-refractivity contribution in [3.05, 3.63) is 0 Å². The van der Waals surface area contributed by atoms with E-state index < -0.39 is 25.0 Å². The molecule has 0 heterocycles. The third kappa shape index (κ3) is 15.7. The number of unbranched alkanes of at least 4 members (excludes halogenated alkanes) is 4. The predicted octanol–water partition coefficient (Wildman–Crippen LogP) is 5.97. The second-order valence-electron chi connectivity index (χ2n) is 8.94. The molecule has 140 valence electrons. The normalized spacial score (nSPS) is 13.8. The minimum Gasteiger partial charge on any atom is -0.401 e. The highest BCUT2D eigenvalue weighted by Crippen LogP contribution is 2.21. The molecular weight excluding hydrogens is 338 g/mol. The Morgan fingerprint density at radius 3 is 1.74 bits per heavy atom. The molecule has 0 aromatic heterocycles. The molecule has 0 atom stereocenters. The highest BCUT2D eigenvalue weighted by atomic mass is 28.4. The van der Waals surface area contributed by atoms with Crippen molar-refractivity contribution in [2.45, 2.75) is 97.4 Å². The average molecular weight is 380 g/mol. The smallest absolute Gasteiger partial charge is 0.218 e. The molecule has 0 aliphatic carbocycles. The monoisotopic (exact) mass is 379 g/mol. The van der Waals surface area contributed by atoms with E-state index in [0.717, 1.165) is 0 Å². The minimum atomic E-state index is -1.76.